The van der Waals surface area contributed by atoms with Gasteiger partial charge >= 0.3 is 0 Å². The number of rotatable bonds is 1. The summed E-state index contributed by atoms with van der Waals surface area (Å²) >= 11 is 12.3. The van der Waals surface area contributed by atoms with Gasteiger partial charge in [0.1, 0.15) is 0 Å². The number of nitrogens with two attached hydrogens (primary N) is 1. The van der Waals surface area contributed by atoms with Crippen molar-refractivity contribution in [3.05, 3.63) is 33.3 Å². The number of nitrogens with zero attached hydrogens (tertiary/aromatic N) is 1. The molecule has 0 atom stereocenters. The predicted octanol–water partition coefficient (Wildman–Crippen LogP) is 2.39. The largest absolute Gasteiger partial charge is 0.381 e. The Morgan fingerprint density at radius 1 is 1.29 bits per heavy atom. The molecule has 1 fully saturated rings. The summed E-state index contributed by atoms with van der Waals surface area (Å²) < 4.78 is 5.30. The molecule has 0 aromatic heterocycles. The van der Waals surface area contributed by atoms with Crippen molar-refractivity contribution in [1.29, 1.82) is 0 Å². The first kappa shape index (κ1) is 15.1. The van der Waals surface area contributed by atoms with Crippen LogP contribution >= 0.6 is 23.2 Å². The van der Waals surface area contributed by atoms with Crippen molar-refractivity contribution in [2.24, 2.45) is 5.73 Å². The maximum absolute atomic E-state index is 12.7. The van der Waals surface area contributed by atoms with Gasteiger partial charge in [-0.05, 0) is 36.5 Å². The van der Waals surface area contributed by atoms with Crippen LogP contribution in [0.25, 0.3) is 0 Å². The number of hydrogen-bond donors (Lipinski definition) is 1. The molecule has 0 saturated carbocycles. The number of carbonyl (C=O) groups excluding carboxylic acids is 1. The van der Waals surface area contributed by atoms with Gasteiger partial charge in [-0.15, -0.1) is 0 Å². The number of ether oxygens (including phenoxy) is 1. The van der Waals surface area contributed by atoms with Crippen molar-refractivity contribution in [2.75, 3.05) is 19.8 Å². The molecule has 2 heterocycles. The van der Waals surface area contributed by atoms with Crippen molar-refractivity contribution < 1.29 is 9.53 Å². The highest BCUT2D eigenvalue weighted by atomic mass is 35.5. The Morgan fingerprint density at radius 2 is 2.00 bits per heavy atom. The van der Waals surface area contributed by atoms with E-state index in [0.29, 0.717) is 55.6 Å². The number of carbonyl (C=O) groups is 1. The fourth-order valence-corrected chi connectivity index (χ4v) is 3.48. The van der Waals surface area contributed by atoms with E-state index in [4.69, 9.17) is 33.7 Å². The summed E-state index contributed by atoms with van der Waals surface area (Å²) in [6, 6.07) is 3.72. The molecule has 1 saturated heterocycles. The SMILES string of the molecule is NC1(C(=O)N2CCc3c(ccc(Cl)c3Cl)C2)CCOCC1. The van der Waals surface area contributed by atoms with Crippen molar-refractivity contribution in [3.63, 3.8) is 0 Å². The van der Waals surface area contributed by atoms with Crippen LogP contribution in [0.5, 0.6) is 0 Å². The number of fused-ring (bicyclic) bond motifs is 1. The van der Waals surface area contributed by atoms with E-state index < -0.39 is 5.54 Å². The molecule has 2 aliphatic rings. The van der Waals surface area contributed by atoms with E-state index in [9.17, 15) is 4.79 Å². The van der Waals surface area contributed by atoms with Gasteiger partial charge in [-0.1, -0.05) is 29.3 Å². The molecule has 0 unspecified atom stereocenters. The van der Waals surface area contributed by atoms with E-state index in [-0.39, 0.29) is 5.91 Å². The maximum atomic E-state index is 12.7. The van der Waals surface area contributed by atoms with Crippen LogP contribution in [-0.4, -0.2) is 36.1 Å². The van der Waals surface area contributed by atoms with Crippen LogP contribution in [0.4, 0.5) is 0 Å². The number of hydrogen-bond acceptors (Lipinski definition) is 3. The van der Waals surface area contributed by atoms with Gasteiger partial charge < -0.3 is 15.4 Å². The van der Waals surface area contributed by atoms with Gasteiger partial charge in [0, 0.05) is 26.3 Å². The second kappa shape index (κ2) is 5.76. The lowest BCUT2D eigenvalue weighted by molar-refractivity contribution is -0.141. The Kier molecular flexibility index (Phi) is 4.14. The van der Waals surface area contributed by atoms with Crippen LogP contribution in [0, 0.1) is 0 Å². The van der Waals surface area contributed by atoms with Gasteiger partial charge in [0.25, 0.3) is 0 Å². The molecule has 0 radical (unpaired) electrons. The van der Waals surface area contributed by atoms with Gasteiger partial charge in [0.15, 0.2) is 0 Å². The smallest absolute Gasteiger partial charge is 0.243 e. The normalized spacial score (nSPS) is 21.0. The molecule has 2 aliphatic heterocycles. The fraction of sp³-hybridized carbons (Fsp3) is 0.533. The summed E-state index contributed by atoms with van der Waals surface area (Å²) in [6.45, 7) is 2.28. The zero-order valence-electron chi connectivity index (χ0n) is 11.7. The summed E-state index contributed by atoms with van der Waals surface area (Å²) in [7, 11) is 0. The highest BCUT2D eigenvalue weighted by Crippen LogP contribution is 2.33. The first-order chi connectivity index (χ1) is 10.0. The van der Waals surface area contributed by atoms with E-state index in [0.717, 1.165) is 11.1 Å². The third-order valence-electron chi connectivity index (χ3n) is 4.38. The molecule has 6 heteroatoms. The Morgan fingerprint density at radius 3 is 2.71 bits per heavy atom. The lowest BCUT2D eigenvalue weighted by atomic mass is 9.88. The average molecular weight is 329 g/mol. The molecule has 114 valence electrons. The van der Waals surface area contributed by atoms with E-state index in [1.165, 1.54) is 0 Å². The molecular weight excluding hydrogens is 311 g/mol. The first-order valence-corrected chi connectivity index (χ1v) is 7.89. The summed E-state index contributed by atoms with van der Waals surface area (Å²) in [5, 5.41) is 1.17. The molecule has 1 aromatic carbocycles. The minimum atomic E-state index is -0.786. The van der Waals surface area contributed by atoms with E-state index in [1.807, 2.05) is 11.0 Å². The predicted molar refractivity (Wildman–Crippen MR) is 82.6 cm³/mol. The van der Waals surface area contributed by atoms with Crippen LogP contribution in [0.2, 0.25) is 10.0 Å². The quantitative estimate of drug-likeness (QED) is 0.861. The van der Waals surface area contributed by atoms with Gasteiger partial charge in [-0.2, -0.15) is 0 Å². The Hall–Kier alpha value is -0.810. The second-order valence-electron chi connectivity index (χ2n) is 5.74. The Bertz CT molecular complexity index is 571. The summed E-state index contributed by atoms with van der Waals surface area (Å²) in [5.74, 6) is 0.0162. The number of benzene rings is 1. The van der Waals surface area contributed by atoms with Crippen molar-refractivity contribution in [3.8, 4) is 0 Å². The lowest BCUT2D eigenvalue weighted by Crippen LogP contribution is -2.58. The molecule has 21 heavy (non-hydrogen) atoms. The highest BCUT2D eigenvalue weighted by Gasteiger charge is 2.39. The monoisotopic (exact) mass is 328 g/mol. The molecular formula is C15H18Cl2N2O2. The van der Waals surface area contributed by atoms with Crippen molar-refractivity contribution >= 4 is 29.1 Å². The minimum absolute atomic E-state index is 0.0162. The Balaban J connectivity index is 1.80. The third kappa shape index (κ3) is 2.78. The van der Waals surface area contributed by atoms with Gasteiger partial charge in [0.05, 0.1) is 15.6 Å². The molecule has 0 aliphatic carbocycles. The van der Waals surface area contributed by atoms with E-state index >= 15 is 0 Å². The van der Waals surface area contributed by atoms with Crippen LogP contribution < -0.4 is 5.73 Å². The maximum Gasteiger partial charge on any atom is 0.243 e. The standard InChI is InChI=1S/C15H18Cl2N2O2/c16-12-2-1-10-9-19(6-3-11(10)13(12)17)14(20)15(18)4-7-21-8-5-15/h1-2H,3-9,18H2. The van der Waals surface area contributed by atoms with Crippen LogP contribution in [0.15, 0.2) is 12.1 Å². The number of halogens is 2. The number of amides is 1. The molecule has 3 rings (SSSR count). The third-order valence-corrected chi connectivity index (χ3v) is 5.23. The fourth-order valence-electron chi connectivity index (χ4n) is 3.02. The summed E-state index contributed by atoms with van der Waals surface area (Å²) in [6.07, 6.45) is 1.88. The zero-order valence-corrected chi connectivity index (χ0v) is 13.2. The molecule has 2 N–H and O–H groups in total. The topological polar surface area (TPSA) is 55.6 Å². The average Bonchev–Trinajstić information content (AvgIpc) is 2.51. The van der Waals surface area contributed by atoms with Gasteiger partial charge in [0.2, 0.25) is 5.91 Å². The second-order valence-corrected chi connectivity index (χ2v) is 6.53. The van der Waals surface area contributed by atoms with Crippen molar-refractivity contribution in [2.45, 2.75) is 31.3 Å². The van der Waals surface area contributed by atoms with Gasteiger partial charge in [-0.25, -0.2) is 0 Å². The van der Waals surface area contributed by atoms with Crippen LogP contribution in [0.3, 0.4) is 0 Å². The van der Waals surface area contributed by atoms with Crippen LogP contribution in [0.1, 0.15) is 24.0 Å². The van der Waals surface area contributed by atoms with Gasteiger partial charge in [-0.3, -0.25) is 4.79 Å². The van der Waals surface area contributed by atoms with E-state index in [2.05, 4.69) is 0 Å². The lowest BCUT2D eigenvalue weighted by Gasteiger charge is -2.39. The van der Waals surface area contributed by atoms with Crippen LogP contribution in [-0.2, 0) is 22.5 Å². The highest BCUT2D eigenvalue weighted by molar-refractivity contribution is 6.42. The molecule has 1 amide bonds. The Labute approximate surface area is 134 Å². The molecule has 0 bridgehead atoms. The minimum Gasteiger partial charge on any atom is -0.381 e. The van der Waals surface area contributed by atoms with Crippen molar-refractivity contribution in [1.82, 2.24) is 4.90 Å². The summed E-state index contributed by atoms with van der Waals surface area (Å²) in [4.78, 5) is 14.6. The zero-order chi connectivity index (χ0) is 15.0. The molecule has 0 spiro atoms. The summed E-state index contributed by atoms with van der Waals surface area (Å²) in [5.41, 5.74) is 7.61. The van der Waals surface area contributed by atoms with E-state index in [1.54, 1.807) is 6.07 Å². The molecule has 4 nitrogen and oxygen atoms in total. The first-order valence-electron chi connectivity index (χ1n) is 7.13. The molecule has 1 aromatic rings.